The molecular formula is C13H11FN2O5. The Morgan fingerprint density at radius 1 is 1.43 bits per heavy atom. The van der Waals surface area contributed by atoms with Crippen molar-refractivity contribution in [2.75, 3.05) is 12.4 Å². The van der Waals surface area contributed by atoms with Gasteiger partial charge in [-0.05, 0) is 24.3 Å². The summed E-state index contributed by atoms with van der Waals surface area (Å²) in [6.45, 7) is 0.0371. The van der Waals surface area contributed by atoms with Crippen molar-refractivity contribution < 1.29 is 23.3 Å². The maximum atomic E-state index is 13.6. The van der Waals surface area contributed by atoms with Gasteiger partial charge in [-0.1, -0.05) is 0 Å². The number of benzene rings is 1. The molecular weight excluding hydrogens is 283 g/mol. The number of furan rings is 1. The van der Waals surface area contributed by atoms with E-state index in [-0.39, 0.29) is 23.6 Å². The molecule has 0 aliphatic heterocycles. The number of nitrogens with zero attached hydrogens (tertiary/aromatic N) is 1. The van der Waals surface area contributed by atoms with E-state index in [4.69, 9.17) is 4.42 Å². The highest BCUT2D eigenvalue weighted by atomic mass is 19.1. The van der Waals surface area contributed by atoms with Crippen LogP contribution in [0.15, 0.2) is 34.7 Å². The molecule has 0 saturated carbocycles. The van der Waals surface area contributed by atoms with Gasteiger partial charge >= 0.3 is 11.9 Å². The van der Waals surface area contributed by atoms with E-state index in [1.54, 1.807) is 0 Å². The highest BCUT2D eigenvalue weighted by Gasteiger charge is 2.13. The number of hydrogen-bond acceptors (Lipinski definition) is 6. The molecule has 1 heterocycles. The maximum Gasteiger partial charge on any atom is 0.433 e. The maximum absolute atomic E-state index is 13.6. The molecule has 0 aliphatic carbocycles. The van der Waals surface area contributed by atoms with Crippen LogP contribution in [0.25, 0.3) is 0 Å². The highest BCUT2D eigenvalue weighted by Crippen LogP contribution is 2.20. The first-order chi connectivity index (χ1) is 10.0. The minimum absolute atomic E-state index is 0.0371. The number of nitrogens with one attached hydrogen (secondary N) is 1. The molecule has 110 valence electrons. The Labute approximate surface area is 118 Å². The van der Waals surface area contributed by atoms with Crippen LogP contribution in [0.3, 0.4) is 0 Å². The second-order valence-electron chi connectivity index (χ2n) is 4.04. The van der Waals surface area contributed by atoms with E-state index in [9.17, 15) is 19.3 Å². The quantitative estimate of drug-likeness (QED) is 0.517. The lowest BCUT2D eigenvalue weighted by Crippen LogP contribution is -2.05. The van der Waals surface area contributed by atoms with Crippen LogP contribution in [0, 0.1) is 15.9 Å². The molecule has 0 atom stereocenters. The van der Waals surface area contributed by atoms with Gasteiger partial charge in [0, 0.05) is 0 Å². The Balaban J connectivity index is 2.11. The minimum Gasteiger partial charge on any atom is -0.465 e. The SMILES string of the molecule is COC(=O)c1ccc(F)c(NCc2ccc([N+](=O)[O-])o2)c1. The number of hydrogen-bond donors (Lipinski definition) is 1. The van der Waals surface area contributed by atoms with Crippen LogP contribution in [0.2, 0.25) is 0 Å². The van der Waals surface area contributed by atoms with E-state index in [0.29, 0.717) is 0 Å². The van der Waals surface area contributed by atoms with Crippen molar-refractivity contribution in [2.24, 2.45) is 0 Å². The van der Waals surface area contributed by atoms with Crippen LogP contribution in [0.1, 0.15) is 16.1 Å². The Morgan fingerprint density at radius 3 is 2.81 bits per heavy atom. The van der Waals surface area contributed by atoms with Gasteiger partial charge in [0.2, 0.25) is 0 Å². The molecule has 0 spiro atoms. The number of carbonyl (C=O) groups is 1. The number of halogens is 1. The molecule has 1 aromatic heterocycles. The molecule has 0 bridgehead atoms. The van der Waals surface area contributed by atoms with Crippen molar-refractivity contribution in [1.82, 2.24) is 0 Å². The Hall–Kier alpha value is -2.90. The summed E-state index contributed by atoms with van der Waals surface area (Å²) in [5.41, 5.74) is 0.253. The van der Waals surface area contributed by atoms with Crippen molar-refractivity contribution in [3.05, 3.63) is 57.6 Å². The average Bonchev–Trinajstić information content (AvgIpc) is 2.94. The number of nitro groups is 1. The van der Waals surface area contributed by atoms with E-state index in [2.05, 4.69) is 10.1 Å². The fourth-order valence-corrected chi connectivity index (χ4v) is 1.65. The van der Waals surface area contributed by atoms with Crippen LogP contribution in [0.5, 0.6) is 0 Å². The second-order valence-corrected chi connectivity index (χ2v) is 4.04. The highest BCUT2D eigenvalue weighted by molar-refractivity contribution is 5.90. The summed E-state index contributed by atoms with van der Waals surface area (Å²) in [5.74, 6) is -1.28. The zero-order valence-electron chi connectivity index (χ0n) is 11.0. The summed E-state index contributed by atoms with van der Waals surface area (Å²) in [4.78, 5) is 21.2. The molecule has 7 nitrogen and oxygen atoms in total. The van der Waals surface area contributed by atoms with Crippen LogP contribution in [-0.4, -0.2) is 18.0 Å². The van der Waals surface area contributed by atoms with Crippen LogP contribution >= 0.6 is 0 Å². The fourth-order valence-electron chi connectivity index (χ4n) is 1.65. The van der Waals surface area contributed by atoms with Crippen molar-refractivity contribution in [3.63, 3.8) is 0 Å². The second kappa shape index (κ2) is 6.04. The molecule has 0 saturated heterocycles. The van der Waals surface area contributed by atoms with Gasteiger partial charge in [-0.15, -0.1) is 0 Å². The third-order valence-corrected chi connectivity index (χ3v) is 2.67. The summed E-state index contributed by atoms with van der Waals surface area (Å²) >= 11 is 0. The topological polar surface area (TPSA) is 94.6 Å². The lowest BCUT2D eigenvalue weighted by molar-refractivity contribution is -0.402. The van der Waals surface area contributed by atoms with Crippen molar-refractivity contribution in [3.8, 4) is 0 Å². The lowest BCUT2D eigenvalue weighted by atomic mass is 10.2. The Kier molecular flexibility index (Phi) is 4.17. The van der Waals surface area contributed by atoms with Crippen molar-refractivity contribution in [1.29, 1.82) is 0 Å². The van der Waals surface area contributed by atoms with Crippen LogP contribution in [0.4, 0.5) is 16.0 Å². The van der Waals surface area contributed by atoms with Gasteiger partial charge in [-0.25, -0.2) is 9.18 Å². The smallest absolute Gasteiger partial charge is 0.433 e. The predicted octanol–water partition coefficient (Wildman–Crippen LogP) is 2.73. The first-order valence-corrected chi connectivity index (χ1v) is 5.86. The molecule has 1 N–H and O–H groups in total. The first kappa shape index (κ1) is 14.5. The molecule has 0 fully saturated rings. The molecule has 0 unspecified atom stereocenters. The third-order valence-electron chi connectivity index (χ3n) is 2.67. The van der Waals surface area contributed by atoms with Gasteiger partial charge in [0.1, 0.15) is 16.5 Å². The molecule has 0 amide bonds. The number of methoxy groups -OCH3 is 1. The largest absolute Gasteiger partial charge is 0.465 e. The van der Waals surface area contributed by atoms with Gasteiger partial charge in [0.15, 0.2) is 0 Å². The summed E-state index contributed by atoms with van der Waals surface area (Å²) < 4.78 is 23.1. The zero-order valence-corrected chi connectivity index (χ0v) is 11.0. The zero-order chi connectivity index (χ0) is 15.4. The number of ether oxygens (including phenoxy) is 1. The van der Waals surface area contributed by atoms with E-state index < -0.39 is 22.6 Å². The van der Waals surface area contributed by atoms with Crippen molar-refractivity contribution >= 4 is 17.5 Å². The number of rotatable bonds is 5. The molecule has 0 aliphatic rings. The average molecular weight is 294 g/mol. The standard InChI is InChI=1S/C13H11FN2O5/c1-20-13(17)8-2-4-10(14)11(6-8)15-7-9-3-5-12(21-9)16(18)19/h2-6,15H,7H2,1H3. The number of carbonyl (C=O) groups excluding carboxylic acids is 1. The summed E-state index contributed by atoms with van der Waals surface area (Å²) in [5, 5.41) is 13.2. The van der Waals surface area contributed by atoms with E-state index >= 15 is 0 Å². The van der Waals surface area contributed by atoms with Gasteiger partial charge in [-0.2, -0.15) is 0 Å². The van der Waals surface area contributed by atoms with Crippen LogP contribution < -0.4 is 5.32 Å². The van der Waals surface area contributed by atoms with E-state index in [0.717, 1.165) is 6.07 Å². The monoisotopic (exact) mass is 294 g/mol. The Bertz CT molecular complexity index is 683. The molecule has 2 aromatic rings. The number of esters is 1. The van der Waals surface area contributed by atoms with Gasteiger partial charge in [0.05, 0.1) is 31.0 Å². The lowest BCUT2D eigenvalue weighted by Gasteiger charge is -2.07. The number of anilines is 1. The molecule has 1 aromatic carbocycles. The Morgan fingerprint density at radius 2 is 2.19 bits per heavy atom. The summed E-state index contributed by atoms with van der Waals surface area (Å²) in [6.07, 6.45) is 0. The van der Waals surface area contributed by atoms with Crippen LogP contribution in [-0.2, 0) is 11.3 Å². The van der Waals surface area contributed by atoms with E-state index in [1.807, 2.05) is 0 Å². The van der Waals surface area contributed by atoms with Crippen molar-refractivity contribution in [2.45, 2.75) is 6.54 Å². The molecule has 0 radical (unpaired) electrons. The fraction of sp³-hybridized carbons (Fsp3) is 0.154. The van der Waals surface area contributed by atoms with Gasteiger partial charge in [0.25, 0.3) is 0 Å². The summed E-state index contributed by atoms with van der Waals surface area (Å²) in [6, 6.07) is 6.33. The predicted molar refractivity (Wildman–Crippen MR) is 70.4 cm³/mol. The first-order valence-electron chi connectivity index (χ1n) is 5.86. The van der Waals surface area contributed by atoms with Gasteiger partial charge in [-0.3, -0.25) is 10.1 Å². The summed E-state index contributed by atoms with van der Waals surface area (Å²) in [7, 11) is 1.22. The molecule has 21 heavy (non-hydrogen) atoms. The third kappa shape index (κ3) is 3.35. The molecule has 8 heteroatoms. The normalized spacial score (nSPS) is 10.2. The van der Waals surface area contributed by atoms with E-state index in [1.165, 1.54) is 31.4 Å². The molecule has 2 rings (SSSR count). The minimum atomic E-state index is -0.665. The van der Waals surface area contributed by atoms with Gasteiger partial charge < -0.3 is 14.5 Å².